The van der Waals surface area contributed by atoms with Crippen molar-refractivity contribution in [3.63, 3.8) is 0 Å². The Labute approximate surface area is 125 Å². The SMILES string of the molecule is CN=C(NCCn1ccnc1C)N1CCSC(C)(C)C1. The van der Waals surface area contributed by atoms with Crippen molar-refractivity contribution < 1.29 is 0 Å². The Kier molecular flexibility index (Phi) is 4.96. The van der Waals surface area contributed by atoms with E-state index in [0.29, 0.717) is 4.75 Å². The first-order valence-corrected chi connectivity index (χ1v) is 8.08. The van der Waals surface area contributed by atoms with Crippen LogP contribution in [-0.4, -0.2) is 57.6 Å². The van der Waals surface area contributed by atoms with Gasteiger partial charge in [-0.15, -0.1) is 0 Å². The van der Waals surface area contributed by atoms with Crippen LogP contribution in [0.25, 0.3) is 0 Å². The van der Waals surface area contributed by atoms with E-state index in [1.54, 1.807) is 0 Å². The van der Waals surface area contributed by atoms with E-state index in [-0.39, 0.29) is 0 Å². The van der Waals surface area contributed by atoms with E-state index in [0.717, 1.165) is 43.7 Å². The number of nitrogens with zero attached hydrogens (tertiary/aromatic N) is 4. The monoisotopic (exact) mass is 295 g/mol. The van der Waals surface area contributed by atoms with Gasteiger partial charge >= 0.3 is 0 Å². The van der Waals surface area contributed by atoms with Crippen LogP contribution in [0.4, 0.5) is 0 Å². The number of nitrogens with one attached hydrogen (secondary N) is 1. The fourth-order valence-corrected chi connectivity index (χ4v) is 3.57. The van der Waals surface area contributed by atoms with E-state index < -0.39 is 0 Å². The summed E-state index contributed by atoms with van der Waals surface area (Å²) in [6.07, 6.45) is 3.86. The quantitative estimate of drug-likeness (QED) is 0.679. The maximum Gasteiger partial charge on any atom is 0.193 e. The van der Waals surface area contributed by atoms with Crippen molar-refractivity contribution in [2.24, 2.45) is 4.99 Å². The van der Waals surface area contributed by atoms with Gasteiger partial charge in [-0.05, 0) is 20.8 Å². The minimum atomic E-state index is 0.302. The zero-order valence-electron chi connectivity index (χ0n) is 12.9. The molecule has 1 aliphatic heterocycles. The molecule has 0 unspecified atom stereocenters. The average molecular weight is 295 g/mol. The van der Waals surface area contributed by atoms with Crippen LogP contribution in [0, 0.1) is 6.92 Å². The smallest absolute Gasteiger partial charge is 0.193 e. The highest BCUT2D eigenvalue weighted by Gasteiger charge is 2.28. The largest absolute Gasteiger partial charge is 0.354 e. The zero-order chi connectivity index (χ0) is 14.6. The standard InChI is InChI=1S/C14H25N5S/c1-12-16-5-7-18(12)8-6-17-13(15-4)19-9-10-20-14(2,3)11-19/h5,7H,6,8-11H2,1-4H3,(H,15,17). The third-order valence-electron chi connectivity index (χ3n) is 3.50. The highest BCUT2D eigenvalue weighted by atomic mass is 32.2. The Balaban J connectivity index is 1.85. The lowest BCUT2D eigenvalue weighted by molar-refractivity contribution is 0.375. The first-order chi connectivity index (χ1) is 9.52. The van der Waals surface area contributed by atoms with E-state index in [1.807, 2.05) is 38.1 Å². The van der Waals surface area contributed by atoms with Gasteiger partial charge in [-0.1, -0.05) is 0 Å². The summed E-state index contributed by atoms with van der Waals surface area (Å²) in [6, 6.07) is 0. The second-order valence-electron chi connectivity index (χ2n) is 5.67. The van der Waals surface area contributed by atoms with E-state index in [1.165, 1.54) is 0 Å². The number of imidazole rings is 1. The molecule has 0 atom stereocenters. The third-order valence-corrected chi connectivity index (χ3v) is 4.79. The second-order valence-corrected chi connectivity index (χ2v) is 7.47. The first-order valence-electron chi connectivity index (χ1n) is 7.09. The summed E-state index contributed by atoms with van der Waals surface area (Å²) in [7, 11) is 1.86. The van der Waals surface area contributed by atoms with Crippen molar-refractivity contribution in [3.8, 4) is 0 Å². The molecule has 2 heterocycles. The molecule has 0 aliphatic carbocycles. The molecule has 6 heteroatoms. The number of aliphatic imine (C=N–C) groups is 1. The molecule has 1 N–H and O–H groups in total. The summed E-state index contributed by atoms with van der Waals surface area (Å²) >= 11 is 2.04. The fourth-order valence-electron chi connectivity index (χ4n) is 2.46. The summed E-state index contributed by atoms with van der Waals surface area (Å²) in [6.45, 7) is 10.5. The van der Waals surface area contributed by atoms with Crippen molar-refractivity contribution in [2.45, 2.75) is 32.1 Å². The van der Waals surface area contributed by atoms with Crippen molar-refractivity contribution >= 4 is 17.7 Å². The number of guanidine groups is 1. The summed E-state index contributed by atoms with van der Waals surface area (Å²) in [5.74, 6) is 3.22. The van der Waals surface area contributed by atoms with Crippen LogP contribution in [0.3, 0.4) is 0 Å². The molecule has 1 fully saturated rings. The lowest BCUT2D eigenvalue weighted by atomic mass is 10.2. The van der Waals surface area contributed by atoms with Crippen molar-refractivity contribution in [1.82, 2.24) is 19.8 Å². The van der Waals surface area contributed by atoms with Crippen LogP contribution in [-0.2, 0) is 6.54 Å². The molecule has 0 aromatic carbocycles. The molecule has 0 amide bonds. The number of rotatable bonds is 3. The van der Waals surface area contributed by atoms with Gasteiger partial charge in [0.2, 0.25) is 0 Å². The van der Waals surface area contributed by atoms with Crippen molar-refractivity contribution in [3.05, 3.63) is 18.2 Å². The van der Waals surface area contributed by atoms with Crippen LogP contribution >= 0.6 is 11.8 Å². The van der Waals surface area contributed by atoms with E-state index >= 15 is 0 Å². The van der Waals surface area contributed by atoms with Gasteiger partial charge in [0.15, 0.2) is 5.96 Å². The Hall–Kier alpha value is -1.17. The summed E-state index contributed by atoms with van der Waals surface area (Å²) in [5.41, 5.74) is 0. The molecule has 20 heavy (non-hydrogen) atoms. The molecule has 2 rings (SSSR count). The Morgan fingerprint density at radius 3 is 2.95 bits per heavy atom. The minimum absolute atomic E-state index is 0.302. The van der Waals surface area contributed by atoms with Gasteiger partial charge in [0.25, 0.3) is 0 Å². The first kappa shape index (κ1) is 15.2. The molecule has 1 aromatic rings. The molecular formula is C14H25N5S. The van der Waals surface area contributed by atoms with Gasteiger partial charge in [0, 0.05) is 56.1 Å². The van der Waals surface area contributed by atoms with Gasteiger partial charge in [0.05, 0.1) is 0 Å². The van der Waals surface area contributed by atoms with Gasteiger partial charge in [-0.3, -0.25) is 4.99 Å². The van der Waals surface area contributed by atoms with Crippen molar-refractivity contribution in [1.29, 1.82) is 0 Å². The summed E-state index contributed by atoms with van der Waals surface area (Å²) < 4.78 is 2.45. The van der Waals surface area contributed by atoms with Gasteiger partial charge in [0.1, 0.15) is 5.82 Å². The van der Waals surface area contributed by atoms with E-state index in [9.17, 15) is 0 Å². The molecule has 0 bridgehead atoms. The predicted octanol–water partition coefficient (Wildman–Crippen LogP) is 1.59. The Morgan fingerprint density at radius 2 is 2.35 bits per heavy atom. The predicted molar refractivity (Wildman–Crippen MR) is 86.4 cm³/mol. The van der Waals surface area contributed by atoms with Crippen LogP contribution < -0.4 is 5.32 Å². The van der Waals surface area contributed by atoms with Crippen LogP contribution in [0.2, 0.25) is 0 Å². The molecule has 0 saturated carbocycles. The van der Waals surface area contributed by atoms with Crippen molar-refractivity contribution in [2.75, 3.05) is 32.4 Å². The highest BCUT2D eigenvalue weighted by molar-refractivity contribution is 8.00. The number of hydrogen-bond donors (Lipinski definition) is 1. The minimum Gasteiger partial charge on any atom is -0.354 e. The molecular weight excluding hydrogens is 270 g/mol. The molecule has 0 radical (unpaired) electrons. The molecule has 112 valence electrons. The Bertz CT molecular complexity index is 466. The fraction of sp³-hybridized carbons (Fsp3) is 0.714. The molecule has 1 saturated heterocycles. The molecule has 1 aromatic heterocycles. The zero-order valence-corrected chi connectivity index (χ0v) is 13.7. The summed E-state index contributed by atoms with van der Waals surface area (Å²) in [5, 5.41) is 3.46. The second kappa shape index (κ2) is 6.52. The van der Waals surface area contributed by atoms with E-state index in [4.69, 9.17) is 0 Å². The normalized spacial score (nSPS) is 19.2. The lowest BCUT2D eigenvalue weighted by Crippen LogP contribution is -2.51. The number of thioether (sulfide) groups is 1. The molecule has 0 spiro atoms. The van der Waals surface area contributed by atoms with Crippen LogP contribution in [0.5, 0.6) is 0 Å². The third kappa shape index (κ3) is 3.91. The van der Waals surface area contributed by atoms with Crippen LogP contribution in [0.1, 0.15) is 19.7 Å². The van der Waals surface area contributed by atoms with Gasteiger partial charge in [-0.2, -0.15) is 11.8 Å². The Morgan fingerprint density at radius 1 is 1.55 bits per heavy atom. The maximum absolute atomic E-state index is 4.42. The lowest BCUT2D eigenvalue weighted by Gasteiger charge is -2.39. The summed E-state index contributed by atoms with van der Waals surface area (Å²) in [4.78, 5) is 11.0. The number of aryl methyl sites for hydroxylation is 1. The van der Waals surface area contributed by atoms with E-state index in [2.05, 4.69) is 38.6 Å². The van der Waals surface area contributed by atoms with Crippen LogP contribution in [0.15, 0.2) is 17.4 Å². The van der Waals surface area contributed by atoms with Gasteiger partial charge in [-0.25, -0.2) is 4.98 Å². The average Bonchev–Trinajstić information content (AvgIpc) is 2.79. The highest BCUT2D eigenvalue weighted by Crippen LogP contribution is 2.29. The maximum atomic E-state index is 4.42. The number of hydrogen-bond acceptors (Lipinski definition) is 3. The number of aromatic nitrogens is 2. The topological polar surface area (TPSA) is 45.5 Å². The van der Waals surface area contributed by atoms with Gasteiger partial charge < -0.3 is 14.8 Å². The molecule has 1 aliphatic rings. The molecule has 5 nitrogen and oxygen atoms in total.